The van der Waals surface area contributed by atoms with Gasteiger partial charge in [0.25, 0.3) is 11.8 Å². The Morgan fingerprint density at radius 1 is 0.932 bits per heavy atom. The second kappa shape index (κ2) is 14.8. The van der Waals surface area contributed by atoms with Gasteiger partial charge < -0.3 is 16.0 Å². The first kappa shape index (κ1) is 30.9. The van der Waals surface area contributed by atoms with Crippen molar-refractivity contribution < 1.29 is 14.4 Å². The number of amides is 3. The SMILES string of the molecule is CCC(Sc1cccc(NC(=O)/C(=C/c2ccsc2)NC(=O)c2ccccc2)c1)C(=O)Nc1nc(-c2ccccc2)c(C)s1. The van der Waals surface area contributed by atoms with Crippen LogP contribution in [0.5, 0.6) is 0 Å². The van der Waals surface area contributed by atoms with Gasteiger partial charge in [0, 0.05) is 26.6 Å². The molecule has 7 nitrogen and oxygen atoms in total. The minimum absolute atomic E-state index is 0.120. The van der Waals surface area contributed by atoms with Crippen LogP contribution >= 0.6 is 34.4 Å². The summed E-state index contributed by atoms with van der Waals surface area (Å²) in [6.45, 7) is 3.96. The van der Waals surface area contributed by atoms with Crippen LogP contribution in [0.1, 0.15) is 34.1 Å². The summed E-state index contributed by atoms with van der Waals surface area (Å²) in [6, 6.07) is 27.8. The molecule has 0 bridgehead atoms. The fourth-order valence-electron chi connectivity index (χ4n) is 4.30. The highest BCUT2D eigenvalue weighted by Crippen LogP contribution is 2.32. The Morgan fingerprint density at radius 2 is 1.68 bits per heavy atom. The molecule has 1 unspecified atom stereocenters. The molecule has 3 aromatic carbocycles. The summed E-state index contributed by atoms with van der Waals surface area (Å²) in [6.07, 6.45) is 2.24. The molecule has 0 aliphatic rings. The fourth-order valence-corrected chi connectivity index (χ4v) is 6.77. The maximum absolute atomic E-state index is 13.4. The second-order valence-electron chi connectivity index (χ2n) is 9.71. The lowest BCUT2D eigenvalue weighted by molar-refractivity contribution is -0.116. The molecule has 0 saturated carbocycles. The van der Waals surface area contributed by atoms with Gasteiger partial charge in [0.05, 0.1) is 10.9 Å². The minimum atomic E-state index is -0.458. The molecule has 0 spiro atoms. The van der Waals surface area contributed by atoms with Crippen LogP contribution in [0.3, 0.4) is 0 Å². The summed E-state index contributed by atoms with van der Waals surface area (Å²) in [5.41, 5.74) is 3.79. The zero-order valence-electron chi connectivity index (χ0n) is 24.1. The van der Waals surface area contributed by atoms with E-state index in [-0.39, 0.29) is 22.8 Å². The molecule has 1 atom stereocenters. The van der Waals surface area contributed by atoms with E-state index in [9.17, 15) is 14.4 Å². The van der Waals surface area contributed by atoms with Crippen molar-refractivity contribution in [2.24, 2.45) is 0 Å². The van der Waals surface area contributed by atoms with Crippen LogP contribution in [-0.2, 0) is 9.59 Å². The number of thioether (sulfide) groups is 1. The number of carbonyl (C=O) groups is 3. The number of nitrogens with one attached hydrogen (secondary N) is 3. The minimum Gasteiger partial charge on any atom is -0.321 e. The van der Waals surface area contributed by atoms with Gasteiger partial charge in [-0.15, -0.1) is 23.1 Å². The van der Waals surface area contributed by atoms with Gasteiger partial charge in [-0.1, -0.05) is 61.5 Å². The topological polar surface area (TPSA) is 100 Å². The molecular weight excluding hydrogens is 609 g/mol. The van der Waals surface area contributed by atoms with E-state index in [1.807, 2.05) is 85.3 Å². The van der Waals surface area contributed by atoms with Crippen LogP contribution in [0.2, 0.25) is 0 Å². The highest BCUT2D eigenvalue weighted by molar-refractivity contribution is 8.00. The number of thiazole rings is 1. The molecule has 10 heteroatoms. The standard InChI is InChI=1S/C34H30N4O3S3/c1-3-29(33(41)38-34-37-30(22(2)43-34)24-11-6-4-7-12-24)44-27-16-10-15-26(20-27)35-32(40)28(19-23-17-18-42-21-23)36-31(39)25-13-8-5-9-14-25/h4-21,29H,3H2,1-2H3,(H,35,40)(H,36,39)(H,37,38,41)/b28-19-. The third-order valence-electron chi connectivity index (χ3n) is 6.49. The average Bonchev–Trinajstić information content (AvgIpc) is 3.69. The maximum atomic E-state index is 13.4. The van der Waals surface area contributed by atoms with Gasteiger partial charge in [-0.2, -0.15) is 11.3 Å². The molecule has 0 aliphatic carbocycles. The Labute approximate surface area is 268 Å². The zero-order chi connectivity index (χ0) is 30.9. The van der Waals surface area contributed by atoms with Crippen molar-refractivity contribution in [3.8, 4) is 11.3 Å². The number of hydrogen-bond acceptors (Lipinski definition) is 7. The molecule has 2 heterocycles. The third kappa shape index (κ3) is 8.10. The van der Waals surface area contributed by atoms with Crippen molar-refractivity contribution >= 4 is 69.1 Å². The normalized spacial score (nSPS) is 11.9. The molecule has 5 rings (SSSR count). The van der Waals surface area contributed by atoms with Crippen molar-refractivity contribution in [2.45, 2.75) is 30.4 Å². The van der Waals surface area contributed by atoms with Crippen molar-refractivity contribution in [1.29, 1.82) is 0 Å². The van der Waals surface area contributed by atoms with Crippen LogP contribution in [0, 0.1) is 6.92 Å². The van der Waals surface area contributed by atoms with Crippen LogP contribution < -0.4 is 16.0 Å². The molecule has 0 saturated heterocycles. The lowest BCUT2D eigenvalue weighted by atomic mass is 10.1. The molecule has 222 valence electrons. The number of hydrogen-bond donors (Lipinski definition) is 3. The predicted molar refractivity (Wildman–Crippen MR) is 182 cm³/mol. The van der Waals surface area contributed by atoms with Crippen LogP contribution in [0.25, 0.3) is 17.3 Å². The lowest BCUT2D eigenvalue weighted by Crippen LogP contribution is -2.30. The molecule has 44 heavy (non-hydrogen) atoms. The van der Waals surface area contributed by atoms with Gasteiger partial charge in [0.15, 0.2) is 5.13 Å². The van der Waals surface area contributed by atoms with Gasteiger partial charge in [-0.05, 0) is 72.1 Å². The van der Waals surface area contributed by atoms with E-state index in [0.717, 1.165) is 26.6 Å². The van der Waals surface area contributed by atoms with Gasteiger partial charge in [-0.3, -0.25) is 14.4 Å². The van der Waals surface area contributed by atoms with Gasteiger partial charge in [0.1, 0.15) is 5.70 Å². The van der Waals surface area contributed by atoms with E-state index in [2.05, 4.69) is 20.9 Å². The maximum Gasteiger partial charge on any atom is 0.272 e. The van der Waals surface area contributed by atoms with Crippen LogP contribution in [0.4, 0.5) is 10.8 Å². The number of rotatable bonds is 11. The number of nitrogens with zero attached hydrogens (tertiary/aromatic N) is 1. The third-order valence-corrected chi connectivity index (χ3v) is 9.44. The molecule has 3 N–H and O–H groups in total. The average molecular weight is 639 g/mol. The molecule has 2 aromatic heterocycles. The second-order valence-corrected chi connectivity index (χ2v) is 13.0. The number of benzene rings is 3. The van der Waals surface area contributed by atoms with Crippen molar-refractivity contribution in [2.75, 3.05) is 10.6 Å². The Balaban J connectivity index is 1.26. The summed E-state index contributed by atoms with van der Waals surface area (Å²) >= 11 is 4.37. The molecule has 3 amide bonds. The van der Waals surface area contributed by atoms with E-state index in [0.29, 0.717) is 22.8 Å². The van der Waals surface area contributed by atoms with Gasteiger partial charge >= 0.3 is 0 Å². The largest absolute Gasteiger partial charge is 0.321 e. The Kier molecular flexibility index (Phi) is 10.4. The van der Waals surface area contributed by atoms with Gasteiger partial charge in [-0.25, -0.2) is 4.98 Å². The van der Waals surface area contributed by atoms with Crippen molar-refractivity contribution in [3.05, 3.63) is 123 Å². The first-order chi connectivity index (χ1) is 21.4. The fraction of sp³-hybridized carbons (Fsp3) is 0.118. The number of thiophene rings is 1. The van der Waals surface area contributed by atoms with Crippen molar-refractivity contribution in [3.63, 3.8) is 0 Å². The Hall–Kier alpha value is -4.51. The highest BCUT2D eigenvalue weighted by atomic mass is 32.2. The highest BCUT2D eigenvalue weighted by Gasteiger charge is 2.21. The van der Waals surface area contributed by atoms with E-state index >= 15 is 0 Å². The van der Waals surface area contributed by atoms with Crippen LogP contribution in [0.15, 0.2) is 112 Å². The van der Waals surface area contributed by atoms with Crippen LogP contribution in [-0.4, -0.2) is 28.0 Å². The molecular formula is C34H30N4O3S3. The molecule has 5 aromatic rings. The summed E-state index contributed by atoms with van der Waals surface area (Å²) in [7, 11) is 0. The first-order valence-electron chi connectivity index (χ1n) is 13.9. The Morgan fingerprint density at radius 3 is 2.39 bits per heavy atom. The van der Waals surface area contributed by atoms with E-state index in [4.69, 9.17) is 0 Å². The lowest BCUT2D eigenvalue weighted by Gasteiger charge is -2.15. The number of carbonyl (C=O) groups excluding carboxylic acids is 3. The molecule has 0 radical (unpaired) electrons. The predicted octanol–water partition coefficient (Wildman–Crippen LogP) is 8.10. The van der Waals surface area contributed by atoms with Gasteiger partial charge in [0.2, 0.25) is 5.91 Å². The van der Waals surface area contributed by atoms with E-state index in [1.54, 1.807) is 36.4 Å². The zero-order valence-corrected chi connectivity index (χ0v) is 26.5. The number of anilines is 2. The number of aryl methyl sites for hydroxylation is 1. The molecule has 0 fully saturated rings. The van der Waals surface area contributed by atoms with E-state index < -0.39 is 5.91 Å². The molecule has 0 aliphatic heterocycles. The summed E-state index contributed by atoms with van der Waals surface area (Å²) in [5, 5.41) is 12.6. The smallest absolute Gasteiger partial charge is 0.272 e. The quantitative estimate of drug-likeness (QED) is 0.100. The van der Waals surface area contributed by atoms with E-state index in [1.165, 1.54) is 34.4 Å². The summed E-state index contributed by atoms with van der Waals surface area (Å²) in [5.74, 6) is -0.972. The summed E-state index contributed by atoms with van der Waals surface area (Å²) in [4.78, 5) is 46.0. The Bertz CT molecular complexity index is 1770. The monoisotopic (exact) mass is 638 g/mol. The van der Waals surface area contributed by atoms with Crippen molar-refractivity contribution in [1.82, 2.24) is 10.3 Å². The number of aromatic nitrogens is 1. The summed E-state index contributed by atoms with van der Waals surface area (Å²) < 4.78 is 0. The first-order valence-corrected chi connectivity index (χ1v) is 16.6.